The zero-order valence-electron chi connectivity index (χ0n) is 19.5. The average molecular weight is 484 g/mol. The Morgan fingerprint density at radius 2 is 1.38 bits per heavy atom. The van der Waals surface area contributed by atoms with Gasteiger partial charge in [0.25, 0.3) is 11.8 Å². The molecule has 0 aliphatic carbocycles. The fourth-order valence-electron chi connectivity index (χ4n) is 4.59. The van der Waals surface area contributed by atoms with Crippen molar-refractivity contribution in [2.24, 2.45) is 0 Å². The minimum Gasteiger partial charge on any atom is -0.348 e. The van der Waals surface area contributed by atoms with Gasteiger partial charge < -0.3 is 10.2 Å². The Kier molecular flexibility index (Phi) is 8.00. The molecule has 2 saturated heterocycles. The lowest BCUT2D eigenvalue weighted by Crippen LogP contribution is -2.35. The summed E-state index contributed by atoms with van der Waals surface area (Å²) in [6.45, 7) is 2.97. The molecule has 8 heteroatoms. The van der Waals surface area contributed by atoms with E-state index in [9.17, 15) is 18.0 Å². The van der Waals surface area contributed by atoms with Crippen LogP contribution in [-0.4, -0.2) is 55.6 Å². The first-order chi connectivity index (χ1) is 16.4. The lowest BCUT2D eigenvalue weighted by molar-refractivity contribution is 0.0724. The third-order valence-corrected chi connectivity index (χ3v) is 8.50. The molecular formula is C26H33N3O4S. The number of hydrogen-bond acceptors (Lipinski definition) is 4. The standard InChI is InChI=1S/C26H33N3O4S/c30-25(22-11-13-24(14-12-22)34(32,33)29-17-6-1-2-7-18-29)27-20-21-9-8-10-23(19-21)26(31)28-15-4-3-5-16-28/h8-14,19H,1-7,15-18,20H2,(H,27,30). The molecule has 0 unspecified atom stereocenters. The van der Waals surface area contributed by atoms with Crippen molar-refractivity contribution in [3.8, 4) is 0 Å². The van der Waals surface area contributed by atoms with Crippen molar-refractivity contribution >= 4 is 21.8 Å². The van der Waals surface area contributed by atoms with Crippen LogP contribution in [0.15, 0.2) is 53.4 Å². The molecule has 0 atom stereocenters. The monoisotopic (exact) mass is 483 g/mol. The molecule has 2 aliphatic rings. The van der Waals surface area contributed by atoms with Gasteiger partial charge in [-0.15, -0.1) is 0 Å². The van der Waals surface area contributed by atoms with E-state index in [1.165, 1.54) is 18.6 Å². The minimum atomic E-state index is -3.54. The molecule has 2 fully saturated rings. The lowest BCUT2D eigenvalue weighted by atomic mass is 10.1. The van der Waals surface area contributed by atoms with Crippen LogP contribution < -0.4 is 5.32 Å². The van der Waals surface area contributed by atoms with E-state index < -0.39 is 10.0 Å². The number of carbonyl (C=O) groups is 2. The van der Waals surface area contributed by atoms with E-state index in [0.29, 0.717) is 24.2 Å². The molecule has 34 heavy (non-hydrogen) atoms. The van der Waals surface area contributed by atoms with Gasteiger partial charge in [-0.3, -0.25) is 9.59 Å². The van der Waals surface area contributed by atoms with E-state index in [4.69, 9.17) is 0 Å². The van der Waals surface area contributed by atoms with Gasteiger partial charge >= 0.3 is 0 Å². The van der Waals surface area contributed by atoms with Crippen LogP contribution in [0.3, 0.4) is 0 Å². The van der Waals surface area contributed by atoms with Crippen LogP contribution in [0.25, 0.3) is 0 Å². The molecule has 2 heterocycles. The van der Waals surface area contributed by atoms with Crippen molar-refractivity contribution in [2.45, 2.75) is 56.4 Å². The summed E-state index contributed by atoms with van der Waals surface area (Å²) in [5, 5.41) is 2.87. The maximum atomic E-state index is 12.9. The Bertz CT molecular complexity index is 1100. The number of hydrogen-bond donors (Lipinski definition) is 1. The molecule has 7 nitrogen and oxygen atoms in total. The molecule has 0 bridgehead atoms. The third kappa shape index (κ3) is 5.85. The van der Waals surface area contributed by atoms with Crippen LogP contribution >= 0.6 is 0 Å². The maximum Gasteiger partial charge on any atom is 0.253 e. The van der Waals surface area contributed by atoms with Crippen molar-refractivity contribution in [1.82, 2.24) is 14.5 Å². The van der Waals surface area contributed by atoms with Crippen LogP contribution in [-0.2, 0) is 16.6 Å². The highest BCUT2D eigenvalue weighted by Crippen LogP contribution is 2.21. The smallest absolute Gasteiger partial charge is 0.253 e. The second-order valence-corrected chi connectivity index (χ2v) is 11.0. The van der Waals surface area contributed by atoms with Crippen molar-refractivity contribution < 1.29 is 18.0 Å². The number of nitrogens with zero attached hydrogens (tertiary/aromatic N) is 2. The summed E-state index contributed by atoms with van der Waals surface area (Å²) in [6, 6.07) is 13.5. The number of benzene rings is 2. The van der Waals surface area contributed by atoms with Crippen LogP contribution in [0.4, 0.5) is 0 Å². The van der Waals surface area contributed by atoms with Gasteiger partial charge in [0.15, 0.2) is 0 Å². The number of carbonyl (C=O) groups excluding carboxylic acids is 2. The number of piperidine rings is 1. The molecule has 0 spiro atoms. The normalized spacial score (nSPS) is 17.7. The molecule has 0 aromatic heterocycles. The fraction of sp³-hybridized carbons (Fsp3) is 0.462. The zero-order chi connectivity index (χ0) is 24.0. The predicted molar refractivity (Wildman–Crippen MR) is 131 cm³/mol. The molecule has 0 radical (unpaired) electrons. The molecule has 1 N–H and O–H groups in total. The molecule has 2 aromatic rings. The largest absolute Gasteiger partial charge is 0.348 e. The molecule has 182 valence electrons. The van der Waals surface area contributed by atoms with Gasteiger partial charge in [-0.1, -0.05) is 25.0 Å². The number of nitrogens with one attached hydrogen (secondary N) is 1. The first-order valence-corrected chi connectivity index (χ1v) is 13.7. The molecule has 2 aromatic carbocycles. The summed E-state index contributed by atoms with van der Waals surface area (Å²) in [5.74, 6) is -0.249. The summed E-state index contributed by atoms with van der Waals surface area (Å²) in [6.07, 6.45) is 7.12. The Morgan fingerprint density at radius 1 is 0.765 bits per heavy atom. The van der Waals surface area contributed by atoms with Crippen molar-refractivity contribution in [3.63, 3.8) is 0 Å². The van der Waals surface area contributed by atoms with Gasteiger partial charge in [0.05, 0.1) is 4.90 Å². The molecule has 4 rings (SSSR count). The number of likely N-dealkylation sites (tertiary alicyclic amines) is 1. The Hall–Kier alpha value is -2.71. The van der Waals surface area contributed by atoms with E-state index in [0.717, 1.165) is 57.2 Å². The van der Waals surface area contributed by atoms with Crippen LogP contribution in [0.1, 0.15) is 71.2 Å². The summed E-state index contributed by atoms with van der Waals surface area (Å²) >= 11 is 0. The number of sulfonamides is 1. The summed E-state index contributed by atoms with van der Waals surface area (Å²) < 4.78 is 27.4. The molecule has 0 saturated carbocycles. The predicted octanol–water partition coefficient (Wildman–Crippen LogP) is 3.81. The number of amides is 2. The quantitative estimate of drug-likeness (QED) is 0.677. The zero-order valence-corrected chi connectivity index (χ0v) is 20.4. The number of rotatable bonds is 6. The van der Waals surface area contributed by atoms with E-state index >= 15 is 0 Å². The fourth-order valence-corrected chi connectivity index (χ4v) is 6.10. The third-order valence-electron chi connectivity index (χ3n) is 6.59. The second-order valence-electron chi connectivity index (χ2n) is 9.08. The van der Waals surface area contributed by atoms with Gasteiger partial charge in [-0.05, 0) is 74.1 Å². The van der Waals surface area contributed by atoms with Gasteiger partial charge in [0, 0.05) is 43.9 Å². The first-order valence-electron chi connectivity index (χ1n) is 12.2. The topological polar surface area (TPSA) is 86.8 Å². The van der Waals surface area contributed by atoms with Crippen molar-refractivity contribution in [1.29, 1.82) is 0 Å². The van der Waals surface area contributed by atoms with Gasteiger partial charge in [-0.2, -0.15) is 4.31 Å². The van der Waals surface area contributed by atoms with Crippen LogP contribution in [0.2, 0.25) is 0 Å². The van der Waals surface area contributed by atoms with Gasteiger partial charge in [0.1, 0.15) is 0 Å². The Balaban J connectivity index is 1.36. The van der Waals surface area contributed by atoms with Crippen molar-refractivity contribution in [3.05, 3.63) is 65.2 Å². The molecular weight excluding hydrogens is 450 g/mol. The van der Waals surface area contributed by atoms with Crippen LogP contribution in [0, 0.1) is 0 Å². The van der Waals surface area contributed by atoms with E-state index in [-0.39, 0.29) is 23.3 Å². The maximum absolute atomic E-state index is 12.9. The highest BCUT2D eigenvalue weighted by molar-refractivity contribution is 7.89. The van der Waals surface area contributed by atoms with E-state index in [1.807, 2.05) is 29.2 Å². The SMILES string of the molecule is O=C(NCc1cccc(C(=O)N2CCCCC2)c1)c1ccc(S(=O)(=O)N2CCCCCC2)cc1. The summed E-state index contributed by atoms with van der Waals surface area (Å²) in [5.41, 5.74) is 1.88. The lowest BCUT2D eigenvalue weighted by Gasteiger charge is -2.26. The van der Waals surface area contributed by atoms with Crippen LogP contribution in [0.5, 0.6) is 0 Å². The Labute approximate surface area is 202 Å². The van der Waals surface area contributed by atoms with Crippen molar-refractivity contribution in [2.75, 3.05) is 26.2 Å². The summed E-state index contributed by atoms with van der Waals surface area (Å²) in [7, 11) is -3.54. The van der Waals surface area contributed by atoms with Gasteiger partial charge in [0.2, 0.25) is 10.0 Å². The van der Waals surface area contributed by atoms with E-state index in [2.05, 4.69) is 5.32 Å². The van der Waals surface area contributed by atoms with E-state index in [1.54, 1.807) is 16.4 Å². The summed E-state index contributed by atoms with van der Waals surface area (Å²) in [4.78, 5) is 27.5. The first kappa shape index (κ1) is 24.4. The van der Waals surface area contributed by atoms with Gasteiger partial charge in [-0.25, -0.2) is 8.42 Å². The highest BCUT2D eigenvalue weighted by atomic mass is 32.2. The Morgan fingerprint density at radius 3 is 2.06 bits per heavy atom. The second kappa shape index (κ2) is 11.1. The average Bonchev–Trinajstić information content (AvgIpc) is 3.18. The molecule has 2 aliphatic heterocycles. The highest BCUT2D eigenvalue weighted by Gasteiger charge is 2.25. The minimum absolute atomic E-state index is 0.0362. The molecule has 2 amide bonds.